The highest BCUT2D eigenvalue weighted by Gasteiger charge is 2.12. The van der Waals surface area contributed by atoms with E-state index in [-0.39, 0.29) is 17.2 Å². The molecule has 0 saturated heterocycles. The molecule has 0 bridgehead atoms. The van der Waals surface area contributed by atoms with E-state index in [0.717, 1.165) is 48.3 Å². The van der Waals surface area contributed by atoms with Gasteiger partial charge >= 0.3 is 0 Å². The molecule has 1 heterocycles. The number of amides is 1. The van der Waals surface area contributed by atoms with E-state index < -0.39 is 0 Å². The molecule has 2 aromatic rings. The predicted molar refractivity (Wildman–Crippen MR) is 107 cm³/mol. The minimum absolute atomic E-state index is 0.122. The van der Waals surface area contributed by atoms with Crippen LogP contribution in [0.4, 0.5) is 0 Å². The van der Waals surface area contributed by atoms with Gasteiger partial charge < -0.3 is 15.0 Å². The predicted octanol–water partition coefficient (Wildman–Crippen LogP) is 3.88. The van der Waals surface area contributed by atoms with Crippen LogP contribution in [0.25, 0.3) is 6.08 Å². The van der Waals surface area contributed by atoms with E-state index in [1.54, 1.807) is 18.2 Å². The quantitative estimate of drug-likeness (QED) is 0.423. The Labute approximate surface area is 160 Å². The van der Waals surface area contributed by atoms with Gasteiger partial charge in [0.15, 0.2) is 0 Å². The summed E-state index contributed by atoms with van der Waals surface area (Å²) in [5.41, 5.74) is 4.34. The maximum atomic E-state index is 12.3. The average molecular weight is 365 g/mol. The molecular weight excluding hydrogens is 338 g/mol. The Morgan fingerprint density at radius 2 is 2.00 bits per heavy atom. The van der Waals surface area contributed by atoms with Gasteiger partial charge in [-0.3, -0.25) is 4.79 Å². The van der Waals surface area contributed by atoms with Crippen LogP contribution in [-0.2, 0) is 17.8 Å². The average Bonchev–Trinajstić information content (AvgIpc) is 2.92. The lowest BCUT2D eigenvalue weighted by molar-refractivity contribution is -0.117. The minimum Gasteiger partial charge on any atom is -0.508 e. The van der Waals surface area contributed by atoms with Crippen LogP contribution in [0.1, 0.15) is 42.3 Å². The molecule has 0 atom stereocenters. The second kappa shape index (κ2) is 9.63. The Morgan fingerprint density at radius 1 is 1.30 bits per heavy atom. The summed E-state index contributed by atoms with van der Waals surface area (Å²) in [4.78, 5) is 12.3. The molecular formula is C22H27N3O2. The summed E-state index contributed by atoms with van der Waals surface area (Å²) in [5.74, 6) is -0.0994. The molecule has 0 unspecified atom stereocenters. The molecule has 27 heavy (non-hydrogen) atoms. The molecule has 0 fully saturated rings. The van der Waals surface area contributed by atoms with E-state index in [1.807, 2.05) is 38.1 Å². The summed E-state index contributed by atoms with van der Waals surface area (Å²) in [6.07, 6.45) is 4.26. The van der Waals surface area contributed by atoms with Crippen molar-refractivity contribution in [3.8, 4) is 11.8 Å². The molecule has 5 nitrogen and oxygen atoms in total. The van der Waals surface area contributed by atoms with Gasteiger partial charge in [0, 0.05) is 24.5 Å². The summed E-state index contributed by atoms with van der Waals surface area (Å²) in [6.45, 7) is 7.60. The Bertz CT molecular complexity index is 855. The molecule has 0 spiro atoms. The summed E-state index contributed by atoms with van der Waals surface area (Å²) in [5, 5.41) is 21.5. The normalized spacial score (nSPS) is 11.3. The van der Waals surface area contributed by atoms with Gasteiger partial charge in [0.25, 0.3) is 5.91 Å². The number of nitrogens with zero attached hydrogens (tertiary/aromatic N) is 2. The van der Waals surface area contributed by atoms with Gasteiger partial charge in [0.2, 0.25) is 0 Å². The number of aromatic hydroxyl groups is 1. The van der Waals surface area contributed by atoms with Crippen molar-refractivity contribution in [2.24, 2.45) is 0 Å². The van der Waals surface area contributed by atoms with Gasteiger partial charge in [-0.25, -0.2) is 0 Å². The smallest absolute Gasteiger partial charge is 0.261 e. The molecule has 2 N–H and O–H groups in total. The summed E-state index contributed by atoms with van der Waals surface area (Å²) >= 11 is 0. The van der Waals surface area contributed by atoms with Crippen LogP contribution in [-0.4, -0.2) is 22.1 Å². The first kappa shape index (κ1) is 20.3. The Hall–Kier alpha value is -3.00. The Balaban J connectivity index is 1.95. The summed E-state index contributed by atoms with van der Waals surface area (Å²) in [6, 6.07) is 11.1. The van der Waals surface area contributed by atoms with Crippen LogP contribution in [0.5, 0.6) is 5.75 Å². The van der Waals surface area contributed by atoms with E-state index in [0.29, 0.717) is 6.54 Å². The van der Waals surface area contributed by atoms with Crippen molar-refractivity contribution in [2.75, 3.05) is 6.54 Å². The fourth-order valence-corrected chi connectivity index (χ4v) is 3.10. The monoisotopic (exact) mass is 365 g/mol. The maximum absolute atomic E-state index is 12.3. The number of benzene rings is 1. The highest BCUT2D eigenvalue weighted by atomic mass is 16.3. The van der Waals surface area contributed by atoms with Crippen molar-refractivity contribution in [1.29, 1.82) is 5.26 Å². The fraction of sp³-hybridized carbons (Fsp3) is 0.364. The van der Waals surface area contributed by atoms with Crippen molar-refractivity contribution in [2.45, 2.75) is 46.6 Å². The zero-order valence-electron chi connectivity index (χ0n) is 16.2. The molecule has 1 aromatic heterocycles. The zero-order valence-corrected chi connectivity index (χ0v) is 16.2. The van der Waals surface area contributed by atoms with E-state index in [9.17, 15) is 15.2 Å². The van der Waals surface area contributed by atoms with E-state index in [4.69, 9.17) is 0 Å². The van der Waals surface area contributed by atoms with E-state index >= 15 is 0 Å². The molecule has 142 valence electrons. The first-order valence-electron chi connectivity index (χ1n) is 9.31. The Kier molecular flexibility index (Phi) is 7.25. The molecule has 0 aliphatic heterocycles. The lowest BCUT2D eigenvalue weighted by Gasteiger charge is -2.07. The van der Waals surface area contributed by atoms with Gasteiger partial charge in [0.1, 0.15) is 17.4 Å². The molecule has 5 heteroatoms. The number of phenolic OH excluding ortho intramolecular Hbond substituents is 1. The number of aryl methyl sites for hydroxylation is 2. The minimum atomic E-state index is -0.344. The third-order valence-corrected chi connectivity index (χ3v) is 4.59. The lowest BCUT2D eigenvalue weighted by atomic mass is 10.1. The van der Waals surface area contributed by atoms with Crippen LogP contribution in [0.3, 0.4) is 0 Å². The maximum Gasteiger partial charge on any atom is 0.261 e. The number of aromatic nitrogens is 1. The van der Waals surface area contributed by atoms with Crippen LogP contribution in [0, 0.1) is 25.2 Å². The number of carbonyl (C=O) groups is 1. The SMILES string of the molecule is CCCn1c(C)cc(/C=C(/C#N)C(=O)NCCCc2ccc(O)cc2)c1C. The van der Waals surface area contributed by atoms with Crippen LogP contribution in [0.15, 0.2) is 35.9 Å². The van der Waals surface area contributed by atoms with Crippen LogP contribution in [0.2, 0.25) is 0 Å². The molecule has 0 aliphatic carbocycles. The van der Waals surface area contributed by atoms with E-state index in [1.165, 1.54) is 0 Å². The third-order valence-electron chi connectivity index (χ3n) is 4.59. The number of nitriles is 1. The molecule has 1 amide bonds. The first-order chi connectivity index (χ1) is 13.0. The third kappa shape index (κ3) is 5.49. The van der Waals surface area contributed by atoms with Gasteiger partial charge in [-0.15, -0.1) is 0 Å². The number of rotatable bonds is 8. The zero-order chi connectivity index (χ0) is 19.8. The lowest BCUT2D eigenvalue weighted by Crippen LogP contribution is -2.25. The van der Waals surface area contributed by atoms with Crippen LogP contribution < -0.4 is 5.32 Å². The molecule has 0 aliphatic rings. The van der Waals surface area contributed by atoms with Crippen molar-refractivity contribution in [3.05, 3.63) is 58.4 Å². The first-order valence-corrected chi connectivity index (χ1v) is 9.31. The van der Waals surface area contributed by atoms with E-state index in [2.05, 4.69) is 16.8 Å². The molecule has 0 saturated carbocycles. The molecule has 1 aromatic carbocycles. The number of hydrogen-bond donors (Lipinski definition) is 2. The number of hydrogen-bond acceptors (Lipinski definition) is 3. The Morgan fingerprint density at radius 3 is 2.63 bits per heavy atom. The van der Waals surface area contributed by atoms with Crippen molar-refractivity contribution in [1.82, 2.24) is 9.88 Å². The second-order valence-electron chi connectivity index (χ2n) is 6.67. The second-order valence-corrected chi connectivity index (χ2v) is 6.67. The number of carbonyl (C=O) groups excluding carboxylic acids is 1. The van der Waals surface area contributed by atoms with Crippen molar-refractivity contribution in [3.63, 3.8) is 0 Å². The largest absolute Gasteiger partial charge is 0.508 e. The molecule has 0 radical (unpaired) electrons. The van der Waals surface area contributed by atoms with Crippen molar-refractivity contribution >= 4 is 12.0 Å². The van der Waals surface area contributed by atoms with Crippen LogP contribution >= 0.6 is 0 Å². The standard InChI is InChI=1S/C22H27N3O2/c1-4-12-25-16(2)13-19(17(25)3)14-20(15-23)22(27)24-11-5-6-18-7-9-21(26)10-8-18/h7-10,13-14,26H,4-6,11-12H2,1-3H3,(H,24,27)/b20-14-. The number of phenols is 1. The highest BCUT2D eigenvalue weighted by Crippen LogP contribution is 2.19. The molecule has 2 rings (SSSR count). The number of nitrogens with one attached hydrogen (secondary N) is 1. The summed E-state index contributed by atoms with van der Waals surface area (Å²) in [7, 11) is 0. The van der Waals surface area contributed by atoms with Gasteiger partial charge in [-0.05, 0) is 68.5 Å². The van der Waals surface area contributed by atoms with Gasteiger partial charge in [-0.1, -0.05) is 19.1 Å². The van der Waals surface area contributed by atoms with Gasteiger partial charge in [0.05, 0.1) is 0 Å². The summed E-state index contributed by atoms with van der Waals surface area (Å²) < 4.78 is 2.20. The van der Waals surface area contributed by atoms with Crippen molar-refractivity contribution < 1.29 is 9.90 Å². The highest BCUT2D eigenvalue weighted by molar-refractivity contribution is 6.01. The van der Waals surface area contributed by atoms with Gasteiger partial charge in [-0.2, -0.15) is 5.26 Å². The topological polar surface area (TPSA) is 78.0 Å². The fourth-order valence-electron chi connectivity index (χ4n) is 3.10.